The van der Waals surface area contributed by atoms with Gasteiger partial charge in [0.25, 0.3) is 7.82 Å². The van der Waals surface area contributed by atoms with Crippen molar-refractivity contribution in [2.75, 3.05) is 47.5 Å². The Hall–Kier alpha value is -0.990. The van der Waals surface area contributed by atoms with Crippen molar-refractivity contribution in [1.29, 1.82) is 0 Å². The molecule has 2 atom stereocenters. The van der Waals surface area contributed by atoms with Gasteiger partial charge in [0.05, 0.1) is 27.7 Å². The fraction of sp³-hybridized carbons (Fsp3) is 0.960. The van der Waals surface area contributed by atoms with E-state index < -0.39 is 26.5 Å². The lowest BCUT2D eigenvalue weighted by Crippen LogP contribution is -2.37. The van der Waals surface area contributed by atoms with Crippen LogP contribution in [0.5, 0.6) is 0 Å². The summed E-state index contributed by atoms with van der Waals surface area (Å²) >= 11 is 0. The van der Waals surface area contributed by atoms with Crippen LogP contribution in [-0.2, 0) is 32.7 Å². The molecule has 2 unspecified atom stereocenters. The van der Waals surface area contributed by atoms with Crippen molar-refractivity contribution >= 4 is 19.8 Å². The molecule has 0 bridgehead atoms. The fourth-order valence-electron chi connectivity index (χ4n) is 7.60. The molecule has 0 amide bonds. The molecule has 0 aliphatic heterocycles. The van der Waals surface area contributed by atoms with Crippen LogP contribution in [0.4, 0.5) is 0 Å². The number of hydrogen-bond acceptors (Lipinski definition) is 8. The van der Waals surface area contributed by atoms with Gasteiger partial charge in [0.1, 0.15) is 19.8 Å². The smallest absolute Gasteiger partial charge is 0.306 e. The Morgan fingerprint density at radius 1 is 0.450 bits per heavy atom. The topological polar surface area (TPSA) is 111 Å². The lowest BCUT2D eigenvalue weighted by Gasteiger charge is -2.28. The van der Waals surface area contributed by atoms with E-state index in [0.717, 1.165) is 32.1 Å². The lowest BCUT2D eigenvalue weighted by molar-refractivity contribution is -0.870. The van der Waals surface area contributed by atoms with Gasteiger partial charge in [-0.15, -0.1) is 0 Å². The molecule has 0 radical (unpaired) electrons. The second-order valence-electron chi connectivity index (χ2n) is 18.9. The van der Waals surface area contributed by atoms with Gasteiger partial charge in [-0.1, -0.05) is 232 Å². The summed E-state index contributed by atoms with van der Waals surface area (Å²) in [7, 11) is 1.19. The second kappa shape index (κ2) is 43.3. The number of nitrogens with zero attached hydrogens (tertiary/aromatic N) is 1. The number of hydrogen-bond donors (Lipinski definition) is 0. The van der Waals surface area contributed by atoms with Crippen molar-refractivity contribution in [3.63, 3.8) is 0 Å². The van der Waals surface area contributed by atoms with E-state index in [-0.39, 0.29) is 32.0 Å². The molecule has 10 heteroatoms. The average Bonchev–Trinajstić information content (AvgIpc) is 3.20. The highest BCUT2D eigenvalue weighted by molar-refractivity contribution is 7.45. The van der Waals surface area contributed by atoms with Crippen LogP contribution < -0.4 is 4.89 Å². The van der Waals surface area contributed by atoms with E-state index in [0.29, 0.717) is 17.4 Å². The molecule has 0 N–H and O–H groups in total. The van der Waals surface area contributed by atoms with Crippen LogP contribution in [0.25, 0.3) is 0 Å². The second-order valence-corrected chi connectivity index (χ2v) is 20.3. The number of carbonyl (C=O) groups is 2. The molecule has 0 fully saturated rings. The summed E-state index contributed by atoms with van der Waals surface area (Å²) < 4.78 is 34.1. The van der Waals surface area contributed by atoms with Gasteiger partial charge in [0.15, 0.2) is 6.10 Å². The maximum atomic E-state index is 12.7. The molecule has 0 saturated heterocycles. The molecular weight excluding hydrogens is 774 g/mol. The first kappa shape index (κ1) is 59.0. The largest absolute Gasteiger partial charge is 0.756 e. The van der Waals surface area contributed by atoms with Gasteiger partial charge >= 0.3 is 11.9 Å². The molecule has 0 aromatic carbocycles. The Bertz CT molecular complexity index is 990. The van der Waals surface area contributed by atoms with Crippen LogP contribution in [0, 0.1) is 0 Å². The molecular formula is C50H100NO8P. The van der Waals surface area contributed by atoms with Crippen molar-refractivity contribution in [3.05, 3.63) is 0 Å². The molecule has 0 heterocycles. The van der Waals surface area contributed by atoms with E-state index in [1.165, 1.54) is 193 Å². The highest BCUT2D eigenvalue weighted by atomic mass is 31.2. The first-order chi connectivity index (χ1) is 29.0. The van der Waals surface area contributed by atoms with Gasteiger partial charge in [0.2, 0.25) is 0 Å². The number of carbonyl (C=O) groups excluding carboxylic acids is 2. The molecule has 9 nitrogen and oxygen atoms in total. The van der Waals surface area contributed by atoms with Gasteiger partial charge in [-0.25, -0.2) is 0 Å². The average molecular weight is 874 g/mol. The molecule has 0 aliphatic rings. The van der Waals surface area contributed by atoms with E-state index in [1.54, 1.807) is 0 Å². The van der Waals surface area contributed by atoms with Gasteiger partial charge < -0.3 is 27.9 Å². The van der Waals surface area contributed by atoms with E-state index >= 15 is 0 Å². The molecule has 0 aromatic heterocycles. The summed E-state index contributed by atoms with van der Waals surface area (Å²) in [5.74, 6) is -0.813. The Labute approximate surface area is 372 Å². The normalized spacial score (nSPS) is 13.4. The third-order valence-corrected chi connectivity index (χ3v) is 12.6. The third kappa shape index (κ3) is 46.5. The zero-order valence-electron chi connectivity index (χ0n) is 40.4. The van der Waals surface area contributed by atoms with Gasteiger partial charge in [-0.3, -0.25) is 14.2 Å². The Morgan fingerprint density at radius 3 is 1.07 bits per heavy atom. The van der Waals surface area contributed by atoms with E-state index in [9.17, 15) is 19.0 Å². The first-order valence-corrected chi connectivity index (χ1v) is 27.2. The molecule has 0 rings (SSSR count). The number of phosphoric acid groups is 1. The summed E-state index contributed by atoms with van der Waals surface area (Å²) in [5.41, 5.74) is 0. The maximum absolute atomic E-state index is 12.7. The number of ether oxygens (including phenoxy) is 2. The Kier molecular flexibility index (Phi) is 42.6. The van der Waals surface area contributed by atoms with Crippen LogP contribution in [0.2, 0.25) is 0 Å². The van der Waals surface area contributed by atoms with Crippen molar-refractivity contribution in [1.82, 2.24) is 0 Å². The minimum atomic E-state index is -4.62. The van der Waals surface area contributed by atoms with Crippen LogP contribution >= 0.6 is 7.82 Å². The SMILES string of the molecule is CCCCCCCCCCCCCCCCCCCCCCC(=O)OC(COC(=O)CCCCCCCCCCCCCCCCCC)COP(=O)([O-])OCC[N+](C)(C)C. The number of rotatable bonds is 48. The standard InChI is InChI=1S/C50H100NO8P/c1-6-8-10-12-14-16-18-20-22-24-25-26-27-29-31-33-35-37-39-41-43-50(53)59-48(47-58-60(54,55)57-45-44-51(3,4)5)46-56-49(52)42-40-38-36-34-32-30-28-23-21-19-17-15-13-11-9-7-2/h48H,6-47H2,1-5H3. The highest BCUT2D eigenvalue weighted by Gasteiger charge is 2.21. The van der Waals surface area contributed by atoms with Gasteiger partial charge in [-0.05, 0) is 12.8 Å². The third-order valence-electron chi connectivity index (χ3n) is 11.6. The quantitative estimate of drug-likeness (QED) is 0.0257. The van der Waals surface area contributed by atoms with E-state index in [4.69, 9.17) is 18.5 Å². The zero-order chi connectivity index (χ0) is 44.3. The van der Waals surface area contributed by atoms with Crippen molar-refractivity contribution in [3.8, 4) is 0 Å². The van der Waals surface area contributed by atoms with Crippen LogP contribution in [0.1, 0.15) is 258 Å². The van der Waals surface area contributed by atoms with Crippen molar-refractivity contribution in [2.45, 2.75) is 264 Å². The first-order valence-electron chi connectivity index (χ1n) is 25.7. The minimum Gasteiger partial charge on any atom is -0.756 e. The van der Waals surface area contributed by atoms with Gasteiger partial charge in [-0.2, -0.15) is 0 Å². The van der Waals surface area contributed by atoms with Crippen molar-refractivity contribution < 1.29 is 42.1 Å². The molecule has 60 heavy (non-hydrogen) atoms. The Balaban J connectivity index is 4.19. The van der Waals surface area contributed by atoms with Crippen LogP contribution in [0.15, 0.2) is 0 Å². The summed E-state index contributed by atoms with van der Waals surface area (Å²) in [4.78, 5) is 37.7. The summed E-state index contributed by atoms with van der Waals surface area (Å²) in [6.07, 6.45) is 45.6. The number of unbranched alkanes of at least 4 members (excludes halogenated alkanes) is 34. The van der Waals surface area contributed by atoms with E-state index in [2.05, 4.69) is 13.8 Å². The molecule has 0 aliphatic carbocycles. The summed E-state index contributed by atoms with van der Waals surface area (Å²) in [6.45, 7) is 4.29. The number of quaternary nitrogens is 1. The molecule has 0 spiro atoms. The predicted octanol–water partition coefficient (Wildman–Crippen LogP) is 14.5. The monoisotopic (exact) mass is 874 g/mol. The zero-order valence-corrected chi connectivity index (χ0v) is 41.3. The maximum Gasteiger partial charge on any atom is 0.306 e. The van der Waals surface area contributed by atoms with Crippen LogP contribution in [0.3, 0.4) is 0 Å². The number of likely N-dealkylation sites (N-methyl/N-ethyl adjacent to an activating group) is 1. The van der Waals surface area contributed by atoms with Crippen LogP contribution in [-0.4, -0.2) is 70.0 Å². The fourth-order valence-corrected chi connectivity index (χ4v) is 8.33. The number of esters is 2. The van der Waals surface area contributed by atoms with Crippen molar-refractivity contribution in [2.24, 2.45) is 0 Å². The minimum absolute atomic E-state index is 0.0253. The van der Waals surface area contributed by atoms with Gasteiger partial charge in [0, 0.05) is 12.8 Å². The lowest BCUT2D eigenvalue weighted by atomic mass is 10.0. The predicted molar refractivity (Wildman–Crippen MR) is 250 cm³/mol. The number of phosphoric ester groups is 1. The van der Waals surface area contributed by atoms with E-state index in [1.807, 2.05) is 21.1 Å². The summed E-state index contributed by atoms with van der Waals surface area (Å²) in [6, 6.07) is 0. The highest BCUT2D eigenvalue weighted by Crippen LogP contribution is 2.38. The molecule has 358 valence electrons. The molecule has 0 aromatic rings. The Morgan fingerprint density at radius 2 is 0.750 bits per heavy atom. The summed E-state index contributed by atoms with van der Waals surface area (Å²) in [5, 5.41) is 0. The molecule has 0 saturated carbocycles.